The molecule has 34 heavy (non-hydrogen) atoms. The first kappa shape index (κ1) is 22.2. The number of ether oxygens (including phenoxy) is 1. The number of aromatic nitrogens is 1. The monoisotopic (exact) mass is 458 g/mol. The third kappa shape index (κ3) is 4.16. The molecule has 4 heteroatoms. The summed E-state index contributed by atoms with van der Waals surface area (Å²) in [6, 6.07) is 15.9. The van der Waals surface area contributed by atoms with E-state index in [1.54, 1.807) is 11.1 Å². The van der Waals surface area contributed by atoms with Crippen LogP contribution < -0.4 is 4.74 Å². The molecule has 1 aliphatic heterocycles. The third-order valence-corrected chi connectivity index (χ3v) is 8.49. The number of hydrogen-bond donors (Lipinski definition) is 1. The molecule has 3 aliphatic rings. The first-order valence-corrected chi connectivity index (χ1v) is 13.4. The lowest BCUT2D eigenvalue weighted by Gasteiger charge is -2.40. The van der Waals surface area contributed by atoms with Crippen LogP contribution in [-0.4, -0.2) is 40.4 Å². The Kier molecular flexibility index (Phi) is 6.13. The molecule has 2 aromatic carbocycles. The summed E-state index contributed by atoms with van der Waals surface area (Å²) in [4.78, 5) is 2.52. The Bertz CT molecular complexity index is 1140. The first-order valence-electron chi connectivity index (χ1n) is 13.4. The van der Waals surface area contributed by atoms with E-state index in [0.717, 1.165) is 24.8 Å². The summed E-state index contributed by atoms with van der Waals surface area (Å²) in [5.74, 6) is 1.58. The number of β-amino-alcohol motifs (C(OH)–C–C–N with tert-alkyl or cyclic N) is 1. The van der Waals surface area contributed by atoms with Crippen LogP contribution in [0.15, 0.2) is 42.5 Å². The molecular formula is C30H38N2O2. The van der Waals surface area contributed by atoms with Crippen molar-refractivity contribution in [2.24, 2.45) is 0 Å². The molecule has 1 N–H and O–H groups in total. The van der Waals surface area contributed by atoms with Gasteiger partial charge in [-0.3, -0.25) is 4.90 Å². The molecule has 4 nitrogen and oxygen atoms in total. The molecule has 2 heterocycles. The quantitative estimate of drug-likeness (QED) is 0.483. The predicted octanol–water partition coefficient (Wildman–Crippen LogP) is 6.13. The number of nitrogens with zero attached hydrogens (tertiary/aromatic N) is 2. The van der Waals surface area contributed by atoms with Gasteiger partial charge in [0.05, 0.1) is 6.04 Å². The van der Waals surface area contributed by atoms with Crippen molar-refractivity contribution in [3.63, 3.8) is 0 Å². The fraction of sp³-hybridized carbons (Fsp3) is 0.533. The van der Waals surface area contributed by atoms with Gasteiger partial charge in [-0.15, -0.1) is 0 Å². The van der Waals surface area contributed by atoms with E-state index in [2.05, 4.69) is 46.7 Å². The molecule has 0 bridgehead atoms. The van der Waals surface area contributed by atoms with E-state index in [4.69, 9.17) is 4.74 Å². The van der Waals surface area contributed by atoms with Crippen molar-refractivity contribution < 1.29 is 9.84 Å². The number of aliphatic hydroxyl groups is 1. The SMILES string of the molecule is Cc1ccc(OC[C@@H](O)CN2CCn3c4c(c5cc(C6CCCCC6)ccc53)CCC[C@H]42)cc1. The summed E-state index contributed by atoms with van der Waals surface area (Å²) in [6.07, 6.45) is 10.0. The van der Waals surface area contributed by atoms with Crippen LogP contribution in [0, 0.1) is 6.92 Å². The van der Waals surface area contributed by atoms with Crippen LogP contribution in [0.5, 0.6) is 5.75 Å². The van der Waals surface area contributed by atoms with Gasteiger partial charge in [0.25, 0.3) is 0 Å². The zero-order valence-corrected chi connectivity index (χ0v) is 20.5. The number of hydrogen-bond acceptors (Lipinski definition) is 3. The number of fused-ring (bicyclic) bond motifs is 3. The van der Waals surface area contributed by atoms with Gasteiger partial charge in [0.2, 0.25) is 0 Å². The Hall–Kier alpha value is -2.30. The molecule has 0 spiro atoms. The summed E-state index contributed by atoms with van der Waals surface area (Å²) in [5.41, 5.74) is 7.32. The average molecular weight is 459 g/mol. The van der Waals surface area contributed by atoms with Gasteiger partial charge in [0.15, 0.2) is 0 Å². The van der Waals surface area contributed by atoms with Crippen LogP contribution >= 0.6 is 0 Å². The van der Waals surface area contributed by atoms with Crippen molar-refractivity contribution >= 4 is 10.9 Å². The molecule has 6 rings (SSSR count). The van der Waals surface area contributed by atoms with Gasteiger partial charge in [-0.25, -0.2) is 0 Å². The van der Waals surface area contributed by atoms with Gasteiger partial charge >= 0.3 is 0 Å². The molecule has 2 aliphatic carbocycles. The van der Waals surface area contributed by atoms with Crippen LogP contribution in [0.4, 0.5) is 0 Å². The Morgan fingerprint density at radius 2 is 1.79 bits per heavy atom. The van der Waals surface area contributed by atoms with Gasteiger partial charge in [-0.1, -0.05) is 43.0 Å². The highest BCUT2D eigenvalue weighted by Gasteiger charge is 2.35. The number of benzene rings is 2. The number of aliphatic hydroxyl groups excluding tert-OH is 1. The van der Waals surface area contributed by atoms with Crippen LogP contribution in [0.1, 0.15) is 79.3 Å². The van der Waals surface area contributed by atoms with E-state index in [-0.39, 0.29) is 0 Å². The van der Waals surface area contributed by atoms with Gasteiger partial charge in [0, 0.05) is 36.2 Å². The standard InChI is InChI=1S/C30H38N2O2/c1-21-10-13-25(14-11-21)34-20-24(33)19-31-16-17-32-28-15-12-23(22-6-3-2-4-7-22)18-27(28)26-8-5-9-29(31)30(26)32/h10-15,18,22,24,29,33H,2-9,16-17,19-20H2,1H3/t24-,29+/m0/s1. The Balaban J connectivity index is 1.21. The van der Waals surface area contributed by atoms with Gasteiger partial charge < -0.3 is 14.4 Å². The lowest BCUT2D eigenvalue weighted by atomic mass is 9.83. The Labute approximate surface area is 203 Å². The maximum absolute atomic E-state index is 10.8. The van der Waals surface area contributed by atoms with E-state index in [1.165, 1.54) is 73.5 Å². The van der Waals surface area contributed by atoms with Crippen molar-refractivity contribution in [1.29, 1.82) is 0 Å². The molecule has 1 fully saturated rings. The fourth-order valence-electron chi connectivity index (χ4n) is 6.75. The summed E-state index contributed by atoms with van der Waals surface area (Å²) in [6.45, 7) is 5.09. The van der Waals surface area contributed by atoms with Crippen LogP contribution in [0.3, 0.4) is 0 Å². The number of rotatable bonds is 6. The second-order valence-corrected chi connectivity index (χ2v) is 10.8. The largest absolute Gasteiger partial charge is 0.491 e. The lowest BCUT2D eigenvalue weighted by molar-refractivity contribution is 0.0375. The molecule has 1 saturated carbocycles. The summed E-state index contributed by atoms with van der Waals surface area (Å²) in [5, 5.41) is 12.3. The zero-order valence-electron chi connectivity index (χ0n) is 20.5. The van der Waals surface area contributed by atoms with Crippen molar-refractivity contribution in [3.05, 3.63) is 64.8 Å². The van der Waals surface area contributed by atoms with Crippen molar-refractivity contribution in [2.75, 3.05) is 19.7 Å². The zero-order chi connectivity index (χ0) is 23.1. The fourth-order valence-corrected chi connectivity index (χ4v) is 6.75. The molecular weight excluding hydrogens is 420 g/mol. The highest BCUT2D eigenvalue weighted by atomic mass is 16.5. The number of aryl methyl sites for hydroxylation is 2. The maximum Gasteiger partial charge on any atom is 0.119 e. The minimum atomic E-state index is -0.486. The van der Waals surface area contributed by atoms with E-state index in [0.29, 0.717) is 19.2 Å². The van der Waals surface area contributed by atoms with E-state index < -0.39 is 6.10 Å². The Morgan fingerprint density at radius 1 is 0.971 bits per heavy atom. The highest BCUT2D eigenvalue weighted by Crippen LogP contribution is 2.44. The van der Waals surface area contributed by atoms with E-state index in [1.807, 2.05) is 12.1 Å². The second kappa shape index (κ2) is 9.39. The molecule has 0 saturated heterocycles. The molecule has 2 atom stereocenters. The third-order valence-electron chi connectivity index (χ3n) is 8.49. The molecule has 0 unspecified atom stereocenters. The lowest BCUT2D eigenvalue weighted by Crippen LogP contribution is -2.44. The van der Waals surface area contributed by atoms with Crippen LogP contribution in [-0.2, 0) is 13.0 Å². The molecule has 1 aromatic heterocycles. The van der Waals surface area contributed by atoms with Gasteiger partial charge in [-0.05, 0) is 80.3 Å². The van der Waals surface area contributed by atoms with E-state index in [9.17, 15) is 5.11 Å². The normalized spacial score (nSPS) is 22.0. The van der Waals surface area contributed by atoms with Crippen molar-refractivity contribution in [3.8, 4) is 5.75 Å². The average Bonchev–Trinajstić information content (AvgIpc) is 3.20. The maximum atomic E-state index is 10.8. The predicted molar refractivity (Wildman–Crippen MR) is 138 cm³/mol. The summed E-state index contributed by atoms with van der Waals surface area (Å²) in [7, 11) is 0. The summed E-state index contributed by atoms with van der Waals surface area (Å²) < 4.78 is 8.48. The van der Waals surface area contributed by atoms with Crippen LogP contribution in [0.2, 0.25) is 0 Å². The van der Waals surface area contributed by atoms with Gasteiger partial charge in [-0.2, -0.15) is 0 Å². The van der Waals surface area contributed by atoms with Crippen LogP contribution in [0.25, 0.3) is 10.9 Å². The minimum absolute atomic E-state index is 0.340. The Morgan fingerprint density at radius 3 is 2.62 bits per heavy atom. The van der Waals surface area contributed by atoms with E-state index >= 15 is 0 Å². The van der Waals surface area contributed by atoms with Crippen molar-refractivity contribution in [1.82, 2.24) is 9.47 Å². The first-order chi connectivity index (χ1) is 16.7. The second-order valence-electron chi connectivity index (χ2n) is 10.8. The highest BCUT2D eigenvalue weighted by molar-refractivity contribution is 5.87. The minimum Gasteiger partial charge on any atom is -0.491 e. The summed E-state index contributed by atoms with van der Waals surface area (Å²) >= 11 is 0. The molecule has 180 valence electrons. The van der Waals surface area contributed by atoms with Gasteiger partial charge in [0.1, 0.15) is 18.5 Å². The molecule has 0 amide bonds. The molecule has 3 aromatic rings. The topological polar surface area (TPSA) is 37.6 Å². The smallest absolute Gasteiger partial charge is 0.119 e. The molecule has 0 radical (unpaired) electrons. The van der Waals surface area contributed by atoms with Crippen molar-refractivity contribution in [2.45, 2.75) is 82.9 Å².